The Bertz CT molecular complexity index is 686. The lowest BCUT2D eigenvalue weighted by Gasteiger charge is -2.22. The van der Waals surface area contributed by atoms with Crippen LogP contribution in [0.15, 0.2) is 24.3 Å². The molecule has 0 spiro atoms. The van der Waals surface area contributed by atoms with Crippen molar-refractivity contribution < 1.29 is 13.2 Å². The van der Waals surface area contributed by atoms with E-state index >= 15 is 0 Å². The Kier molecular flexibility index (Phi) is 7.87. The zero-order valence-electron chi connectivity index (χ0n) is 14.7. The number of carbonyl (C=O) groups excluding carboxylic acids is 1. The zero-order valence-corrected chi connectivity index (χ0v) is 16.4. The molecule has 0 unspecified atom stereocenters. The largest absolute Gasteiger partial charge is 0.350 e. The minimum atomic E-state index is -3.41. The van der Waals surface area contributed by atoms with E-state index in [1.54, 1.807) is 26.0 Å². The maximum Gasteiger partial charge on any atom is 0.240 e. The molecule has 25 heavy (non-hydrogen) atoms. The number of hydrogen-bond donors (Lipinski definition) is 3. The van der Waals surface area contributed by atoms with Gasteiger partial charge in [-0.1, -0.05) is 37.1 Å². The van der Waals surface area contributed by atoms with Crippen LogP contribution in [0.5, 0.6) is 0 Å². The van der Waals surface area contributed by atoms with Gasteiger partial charge < -0.3 is 11.1 Å². The molecular weight excluding hydrogens is 362 g/mol. The molecule has 2 rings (SSSR count). The van der Waals surface area contributed by atoms with Crippen molar-refractivity contribution in [1.29, 1.82) is 0 Å². The van der Waals surface area contributed by atoms with Crippen molar-refractivity contribution in [3.63, 3.8) is 0 Å². The fraction of sp³-hybridized carbons (Fsp3) is 0.588. The SMILES string of the molecule is CC(C)NS(=O)(=O)Cc1ccccc1CNC(=O)C1(N)CCCC1.Cl. The van der Waals surface area contributed by atoms with E-state index in [0.717, 1.165) is 18.4 Å². The van der Waals surface area contributed by atoms with E-state index in [-0.39, 0.29) is 36.7 Å². The molecule has 0 heterocycles. The van der Waals surface area contributed by atoms with Crippen molar-refractivity contribution in [2.24, 2.45) is 5.73 Å². The fourth-order valence-electron chi connectivity index (χ4n) is 3.06. The molecule has 0 aliphatic heterocycles. The number of rotatable bonds is 7. The number of halogens is 1. The summed E-state index contributed by atoms with van der Waals surface area (Å²) in [6, 6.07) is 7.09. The predicted molar refractivity (Wildman–Crippen MR) is 102 cm³/mol. The lowest BCUT2D eigenvalue weighted by atomic mass is 9.98. The zero-order chi connectivity index (χ0) is 17.8. The maximum atomic E-state index is 12.3. The highest BCUT2D eigenvalue weighted by Crippen LogP contribution is 2.27. The molecule has 4 N–H and O–H groups in total. The molecule has 0 saturated heterocycles. The van der Waals surface area contributed by atoms with Gasteiger partial charge in [-0.2, -0.15) is 0 Å². The summed E-state index contributed by atoms with van der Waals surface area (Å²) in [7, 11) is -3.41. The Hall–Kier alpha value is -1.15. The summed E-state index contributed by atoms with van der Waals surface area (Å²) >= 11 is 0. The van der Waals surface area contributed by atoms with Gasteiger partial charge in [0, 0.05) is 12.6 Å². The highest BCUT2D eigenvalue weighted by molar-refractivity contribution is 7.88. The van der Waals surface area contributed by atoms with E-state index < -0.39 is 15.6 Å². The third kappa shape index (κ3) is 6.26. The van der Waals surface area contributed by atoms with Crippen LogP contribution in [0.2, 0.25) is 0 Å². The Morgan fingerprint density at radius 2 is 1.76 bits per heavy atom. The molecule has 8 heteroatoms. The number of benzene rings is 1. The molecule has 1 aliphatic rings. The van der Waals surface area contributed by atoms with Crippen LogP contribution in [0, 0.1) is 0 Å². The molecule has 0 aromatic heterocycles. The van der Waals surface area contributed by atoms with Gasteiger partial charge in [0.2, 0.25) is 15.9 Å². The van der Waals surface area contributed by atoms with Crippen molar-refractivity contribution in [2.75, 3.05) is 0 Å². The Balaban J connectivity index is 0.00000312. The Morgan fingerprint density at radius 3 is 2.32 bits per heavy atom. The van der Waals surface area contributed by atoms with Crippen LogP contribution >= 0.6 is 12.4 Å². The van der Waals surface area contributed by atoms with Crippen molar-refractivity contribution >= 4 is 28.3 Å². The van der Waals surface area contributed by atoms with Crippen molar-refractivity contribution in [1.82, 2.24) is 10.0 Å². The average Bonchev–Trinajstić information content (AvgIpc) is 2.92. The van der Waals surface area contributed by atoms with Crippen LogP contribution in [0.25, 0.3) is 0 Å². The number of nitrogens with two attached hydrogens (primary N) is 1. The van der Waals surface area contributed by atoms with Gasteiger partial charge in [0.1, 0.15) is 0 Å². The number of hydrogen-bond acceptors (Lipinski definition) is 4. The number of carbonyl (C=O) groups is 1. The molecule has 1 aliphatic carbocycles. The monoisotopic (exact) mass is 389 g/mol. The van der Waals surface area contributed by atoms with E-state index in [2.05, 4.69) is 10.0 Å². The third-order valence-corrected chi connectivity index (χ3v) is 5.79. The minimum Gasteiger partial charge on any atom is -0.350 e. The van der Waals surface area contributed by atoms with E-state index in [9.17, 15) is 13.2 Å². The quantitative estimate of drug-likeness (QED) is 0.662. The highest BCUT2D eigenvalue weighted by Gasteiger charge is 2.36. The van der Waals surface area contributed by atoms with Crippen LogP contribution in [0.3, 0.4) is 0 Å². The molecule has 6 nitrogen and oxygen atoms in total. The van der Waals surface area contributed by atoms with Crippen LogP contribution < -0.4 is 15.8 Å². The van der Waals surface area contributed by atoms with Gasteiger partial charge in [0.05, 0.1) is 11.3 Å². The second-order valence-electron chi connectivity index (χ2n) is 6.85. The summed E-state index contributed by atoms with van der Waals surface area (Å²) in [6.07, 6.45) is 3.35. The molecule has 1 saturated carbocycles. The smallest absolute Gasteiger partial charge is 0.240 e. The second kappa shape index (κ2) is 8.98. The standard InChI is InChI=1S/C17H27N3O3S.ClH/c1-13(2)20-24(22,23)12-15-8-4-3-7-14(15)11-19-16(21)17(18)9-5-6-10-17;/h3-4,7-8,13,20H,5-6,9-12,18H2,1-2H3,(H,19,21);1H. The normalized spacial score (nSPS) is 16.5. The molecule has 1 fully saturated rings. The lowest BCUT2D eigenvalue weighted by Crippen LogP contribution is -2.51. The summed E-state index contributed by atoms with van der Waals surface area (Å²) < 4.78 is 26.9. The molecule has 0 radical (unpaired) electrons. The molecule has 1 amide bonds. The van der Waals surface area contributed by atoms with E-state index in [1.165, 1.54) is 0 Å². The summed E-state index contributed by atoms with van der Waals surface area (Å²) in [5.41, 5.74) is 6.84. The highest BCUT2D eigenvalue weighted by atomic mass is 35.5. The fourth-order valence-corrected chi connectivity index (χ4v) is 4.55. The predicted octanol–water partition coefficient (Wildman–Crippen LogP) is 1.82. The number of sulfonamides is 1. The topological polar surface area (TPSA) is 101 Å². The van der Waals surface area contributed by atoms with Gasteiger partial charge in [0.25, 0.3) is 0 Å². The third-order valence-electron chi connectivity index (χ3n) is 4.27. The van der Waals surface area contributed by atoms with E-state index in [0.29, 0.717) is 18.4 Å². The van der Waals surface area contributed by atoms with E-state index in [4.69, 9.17) is 5.73 Å². The van der Waals surface area contributed by atoms with Gasteiger partial charge in [-0.05, 0) is 37.8 Å². The summed E-state index contributed by atoms with van der Waals surface area (Å²) in [6.45, 7) is 3.85. The molecule has 1 aromatic carbocycles. The van der Waals surface area contributed by atoms with Gasteiger partial charge in [-0.15, -0.1) is 12.4 Å². The molecule has 0 atom stereocenters. The van der Waals surface area contributed by atoms with Crippen molar-refractivity contribution in [3.8, 4) is 0 Å². The minimum absolute atomic E-state index is 0. The maximum absolute atomic E-state index is 12.3. The number of amides is 1. The summed E-state index contributed by atoms with van der Waals surface area (Å²) in [5, 5.41) is 2.87. The Labute approximate surface area is 156 Å². The summed E-state index contributed by atoms with van der Waals surface area (Å²) in [5.74, 6) is -0.261. The Morgan fingerprint density at radius 1 is 1.20 bits per heavy atom. The first-order valence-corrected chi connectivity index (χ1v) is 10.0. The van der Waals surface area contributed by atoms with Gasteiger partial charge in [-0.25, -0.2) is 13.1 Å². The van der Waals surface area contributed by atoms with Crippen LogP contribution in [0.1, 0.15) is 50.7 Å². The first-order valence-electron chi connectivity index (χ1n) is 8.36. The van der Waals surface area contributed by atoms with Gasteiger partial charge >= 0.3 is 0 Å². The van der Waals surface area contributed by atoms with Crippen LogP contribution in [-0.2, 0) is 27.1 Å². The lowest BCUT2D eigenvalue weighted by molar-refractivity contribution is -0.126. The van der Waals surface area contributed by atoms with Gasteiger partial charge in [-0.3, -0.25) is 4.79 Å². The molecule has 142 valence electrons. The summed E-state index contributed by atoms with van der Waals surface area (Å²) in [4.78, 5) is 12.3. The molecule has 0 bridgehead atoms. The number of nitrogens with one attached hydrogen (secondary N) is 2. The first-order chi connectivity index (χ1) is 11.2. The molecule has 1 aromatic rings. The molecular formula is C17H28ClN3O3S. The van der Waals surface area contributed by atoms with Crippen molar-refractivity contribution in [2.45, 2.75) is 63.4 Å². The van der Waals surface area contributed by atoms with Crippen LogP contribution in [0.4, 0.5) is 0 Å². The average molecular weight is 390 g/mol. The first kappa shape index (κ1) is 21.9. The van der Waals surface area contributed by atoms with Gasteiger partial charge in [0.15, 0.2) is 0 Å². The van der Waals surface area contributed by atoms with E-state index in [1.807, 2.05) is 12.1 Å². The van der Waals surface area contributed by atoms with Crippen LogP contribution in [-0.4, -0.2) is 25.9 Å². The second-order valence-corrected chi connectivity index (χ2v) is 8.60. The van der Waals surface area contributed by atoms with Crippen molar-refractivity contribution in [3.05, 3.63) is 35.4 Å².